The van der Waals surface area contributed by atoms with Gasteiger partial charge in [-0.1, -0.05) is 40.5 Å². The first-order valence-electron chi connectivity index (χ1n) is 4.82. The summed E-state index contributed by atoms with van der Waals surface area (Å²) in [5.41, 5.74) is 0. The Balaban J connectivity index is 3.32. The first kappa shape index (κ1) is 11.4. The van der Waals surface area contributed by atoms with E-state index in [0.29, 0.717) is 0 Å². The fraction of sp³-hybridized carbons (Fsp3) is 1.00. The van der Waals surface area contributed by atoms with E-state index in [1.165, 1.54) is 25.0 Å². The molecule has 0 nitrogen and oxygen atoms in total. The van der Waals surface area contributed by atoms with Crippen molar-refractivity contribution >= 4 is 11.8 Å². The highest BCUT2D eigenvalue weighted by molar-refractivity contribution is 7.99. The standard InChI is InChI=1S/C10H22S/c1-5-7-9(3)8-10(4)11-6-2/h9-10H,5-8H2,1-4H3. The first-order chi connectivity index (χ1) is 5.20. The third-order valence-corrected chi connectivity index (χ3v) is 3.06. The minimum Gasteiger partial charge on any atom is -0.159 e. The summed E-state index contributed by atoms with van der Waals surface area (Å²) < 4.78 is 0. The summed E-state index contributed by atoms with van der Waals surface area (Å²) in [5, 5.41) is 0.863. The van der Waals surface area contributed by atoms with Crippen LogP contribution in [0.5, 0.6) is 0 Å². The summed E-state index contributed by atoms with van der Waals surface area (Å²) in [6, 6.07) is 0. The average molecular weight is 174 g/mol. The zero-order valence-corrected chi connectivity index (χ0v) is 9.21. The Kier molecular flexibility index (Phi) is 7.25. The molecule has 68 valence electrons. The van der Waals surface area contributed by atoms with Crippen molar-refractivity contribution in [2.24, 2.45) is 5.92 Å². The molecule has 0 aromatic carbocycles. The van der Waals surface area contributed by atoms with Crippen molar-refractivity contribution in [3.8, 4) is 0 Å². The molecule has 0 amide bonds. The second kappa shape index (κ2) is 7.02. The van der Waals surface area contributed by atoms with Gasteiger partial charge in [-0.2, -0.15) is 11.8 Å². The molecule has 0 aliphatic carbocycles. The molecule has 0 rings (SSSR count). The minimum absolute atomic E-state index is 0.863. The van der Waals surface area contributed by atoms with Crippen molar-refractivity contribution in [3.63, 3.8) is 0 Å². The fourth-order valence-electron chi connectivity index (χ4n) is 1.53. The van der Waals surface area contributed by atoms with Crippen molar-refractivity contribution in [1.29, 1.82) is 0 Å². The quantitative estimate of drug-likeness (QED) is 0.587. The smallest absolute Gasteiger partial charge is 0.00211 e. The Morgan fingerprint density at radius 3 is 2.27 bits per heavy atom. The predicted octanol–water partition coefficient (Wildman–Crippen LogP) is 3.95. The van der Waals surface area contributed by atoms with Crippen molar-refractivity contribution in [1.82, 2.24) is 0 Å². The van der Waals surface area contributed by atoms with E-state index in [9.17, 15) is 0 Å². The molecule has 0 radical (unpaired) electrons. The lowest BCUT2D eigenvalue weighted by atomic mass is 10.0. The summed E-state index contributed by atoms with van der Waals surface area (Å²) >= 11 is 2.09. The number of hydrogen-bond acceptors (Lipinski definition) is 1. The molecule has 0 aromatic rings. The van der Waals surface area contributed by atoms with Gasteiger partial charge in [0.2, 0.25) is 0 Å². The Hall–Kier alpha value is 0.350. The van der Waals surface area contributed by atoms with Gasteiger partial charge in [-0.25, -0.2) is 0 Å². The zero-order chi connectivity index (χ0) is 8.69. The lowest BCUT2D eigenvalue weighted by Crippen LogP contribution is -2.04. The van der Waals surface area contributed by atoms with Gasteiger partial charge in [0, 0.05) is 5.25 Å². The molecule has 11 heavy (non-hydrogen) atoms. The molecule has 0 heterocycles. The van der Waals surface area contributed by atoms with E-state index in [1.54, 1.807) is 0 Å². The molecule has 2 atom stereocenters. The lowest BCUT2D eigenvalue weighted by Gasteiger charge is -2.15. The number of hydrogen-bond donors (Lipinski definition) is 0. The van der Waals surface area contributed by atoms with Gasteiger partial charge in [0.25, 0.3) is 0 Å². The van der Waals surface area contributed by atoms with Gasteiger partial charge in [0.05, 0.1) is 0 Å². The van der Waals surface area contributed by atoms with Gasteiger partial charge in [0.1, 0.15) is 0 Å². The second-order valence-electron chi connectivity index (χ2n) is 3.40. The van der Waals surface area contributed by atoms with Crippen LogP contribution in [0.4, 0.5) is 0 Å². The summed E-state index contributed by atoms with van der Waals surface area (Å²) in [5.74, 6) is 2.19. The molecule has 0 aliphatic rings. The SMILES string of the molecule is CCCC(C)CC(C)SCC. The molecule has 0 saturated carbocycles. The van der Waals surface area contributed by atoms with Gasteiger partial charge >= 0.3 is 0 Å². The van der Waals surface area contributed by atoms with Crippen molar-refractivity contribution in [2.75, 3.05) is 5.75 Å². The molecule has 0 N–H and O–H groups in total. The Morgan fingerprint density at radius 2 is 1.82 bits per heavy atom. The van der Waals surface area contributed by atoms with E-state index >= 15 is 0 Å². The van der Waals surface area contributed by atoms with Crippen LogP contribution in [0.1, 0.15) is 47.0 Å². The van der Waals surface area contributed by atoms with Crippen LogP contribution in [0.15, 0.2) is 0 Å². The number of rotatable bonds is 6. The monoisotopic (exact) mass is 174 g/mol. The van der Waals surface area contributed by atoms with Crippen LogP contribution in [-0.2, 0) is 0 Å². The Labute approximate surface area is 76.1 Å². The second-order valence-corrected chi connectivity index (χ2v) is 5.11. The van der Waals surface area contributed by atoms with Gasteiger partial charge < -0.3 is 0 Å². The van der Waals surface area contributed by atoms with Crippen LogP contribution < -0.4 is 0 Å². The largest absolute Gasteiger partial charge is 0.159 e. The van der Waals surface area contributed by atoms with E-state index in [1.807, 2.05) is 0 Å². The summed E-state index contributed by atoms with van der Waals surface area (Å²) in [6.07, 6.45) is 4.13. The molecule has 2 unspecified atom stereocenters. The molecule has 0 bridgehead atoms. The maximum atomic E-state index is 2.37. The number of thioether (sulfide) groups is 1. The highest BCUT2D eigenvalue weighted by atomic mass is 32.2. The fourth-order valence-corrected chi connectivity index (χ4v) is 2.56. The molecule has 0 spiro atoms. The topological polar surface area (TPSA) is 0 Å². The molecule has 0 fully saturated rings. The van der Waals surface area contributed by atoms with Gasteiger partial charge in [-0.3, -0.25) is 0 Å². The summed E-state index contributed by atoms with van der Waals surface area (Å²) in [7, 11) is 0. The maximum absolute atomic E-state index is 2.37. The molecule has 0 aromatic heterocycles. The predicted molar refractivity (Wildman–Crippen MR) is 56.3 cm³/mol. The Morgan fingerprint density at radius 1 is 1.18 bits per heavy atom. The Bertz CT molecular complexity index is 70.9. The third kappa shape index (κ3) is 6.74. The van der Waals surface area contributed by atoms with Gasteiger partial charge in [0.15, 0.2) is 0 Å². The molecular formula is C10H22S. The van der Waals surface area contributed by atoms with Crippen LogP contribution in [0, 0.1) is 5.92 Å². The summed E-state index contributed by atoms with van der Waals surface area (Å²) in [6.45, 7) is 9.23. The van der Waals surface area contributed by atoms with E-state index < -0.39 is 0 Å². The van der Waals surface area contributed by atoms with Crippen LogP contribution in [0.2, 0.25) is 0 Å². The maximum Gasteiger partial charge on any atom is 0.00211 e. The van der Waals surface area contributed by atoms with Crippen LogP contribution in [-0.4, -0.2) is 11.0 Å². The molecular weight excluding hydrogens is 152 g/mol. The van der Waals surface area contributed by atoms with Crippen LogP contribution in [0.3, 0.4) is 0 Å². The third-order valence-electron chi connectivity index (χ3n) is 1.97. The highest BCUT2D eigenvalue weighted by Crippen LogP contribution is 2.20. The molecule has 0 aliphatic heterocycles. The summed E-state index contributed by atoms with van der Waals surface area (Å²) in [4.78, 5) is 0. The average Bonchev–Trinajstić information content (AvgIpc) is 1.87. The van der Waals surface area contributed by atoms with Gasteiger partial charge in [-0.15, -0.1) is 0 Å². The lowest BCUT2D eigenvalue weighted by molar-refractivity contribution is 0.486. The van der Waals surface area contributed by atoms with E-state index in [0.717, 1.165) is 11.2 Å². The van der Waals surface area contributed by atoms with Crippen LogP contribution >= 0.6 is 11.8 Å². The van der Waals surface area contributed by atoms with E-state index in [-0.39, 0.29) is 0 Å². The van der Waals surface area contributed by atoms with Crippen molar-refractivity contribution in [3.05, 3.63) is 0 Å². The van der Waals surface area contributed by atoms with E-state index in [4.69, 9.17) is 0 Å². The van der Waals surface area contributed by atoms with E-state index in [2.05, 4.69) is 39.5 Å². The van der Waals surface area contributed by atoms with Crippen molar-refractivity contribution in [2.45, 2.75) is 52.2 Å². The van der Waals surface area contributed by atoms with Gasteiger partial charge in [-0.05, 0) is 18.1 Å². The minimum atomic E-state index is 0.863. The normalized spacial score (nSPS) is 16.4. The molecule has 1 heteroatoms. The highest BCUT2D eigenvalue weighted by Gasteiger charge is 2.06. The van der Waals surface area contributed by atoms with Crippen molar-refractivity contribution < 1.29 is 0 Å². The first-order valence-corrected chi connectivity index (χ1v) is 5.87. The van der Waals surface area contributed by atoms with Crippen LogP contribution in [0.25, 0.3) is 0 Å². The molecule has 0 saturated heterocycles. The zero-order valence-electron chi connectivity index (χ0n) is 8.39.